The van der Waals surface area contributed by atoms with Crippen molar-refractivity contribution in [3.8, 4) is 0 Å². The number of aromatic nitrogens is 4. The molecule has 4 rings (SSSR count). The van der Waals surface area contributed by atoms with Crippen molar-refractivity contribution in [1.82, 2.24) is 20.0 Å². The van der Waals surface area contributed by atoms with Gasteiger partial charge in [-0.2, -0.15) is 0 Å². The Morgan fingerprint density at radius 1 is 1.21 bits per heavy atom. The molecule has 0 amide bonds. The van der Waals surface area contributed by atoms with E-state index in [-0.39, 0.29) is 6.04 Å². The molecule has 0 spiro atoms. The second kappa shape index (κ2) is 5.56. The van der Waals surface area contributed by atoms with Crippen LogP contribution in [-0.4, -0.2) is 38.2 Å². The van der Waals surface area contributed by atoms with Crippen LogP contribution in [-0.2, 0) is 5.60 Å². The first kappa shape index (κ1) is 15.1. The van der Waals surface area contributed by atoms with E-state index in [1.165, 1.54) is 0 Å². The molecule has 1 aromatic carbocycles. The van der Waals surface area contributed by atoms with Crippen LogP contribution in [0.4, 0.5) is 5.69 Å². The summed E-state index contributed by atoms with van der Waals surface area (Å²) in [6, 6.07) is 10.3. The molecular formula is C18H21N5O. The predicted octanol–water partition coefficient (Wildman–Crippen LogP) is 2.51. The van der Waals surface area contributed by atoms with Crippen molar-refractivity contribution in [2.75, 3.05) is 18.0 Å². The van der Waals surface area contributed by atoms with E-state index in [2.05, 4.69) is 26.3 Å². The van der Waals surface area contributed by atoms with Crippen molar-refractivity contribution in [3.05, 3.63) is 48.4 Å². The molecule has 3 heterocycles. The van der Waals surface area contributed by atoms with Gasteiger partial charge < -0.3 is 10.0 Å². The van der Waals surface area contributed by atoms with E-state index in [4.69, 9.17) is 0 Å². The molecular weight excluding hydrogens is 302 g/mol. The lowest BCUT2D eigenvalue weighted by Gasteiger charge is -2.23. The van der Waals surface area contributed by atoms with Crippen LogP contribution in [0.25, 0.3) is 10.9 Å². The van der Waals surface area contributed by atoms with Gasteiger partial charge in [0.1, 0.15) is 11.3 Å². The Morgan fingerprint density at radius 3 is 2.83 bits per heavy atom. The fourth-order valence-corrected chi connectivity index (χ4v) is 3.31. The first-order valence-electron chi connectivity index (χ1n) is 8.30. The molecule has 1 fully saturated rings. The second-order valence-electron chi connectivity index (χ2n) is 6.73. The number of rotatable bonds is 3. The van der Waals surface area contributed by atoms with Gasteiger partial charge in [-0.05, 0) is 26.0 Å². The lowest BCUT2D eigenvalue weighted by Crippen LogP contribution is -2.31. The third kappa shape index (κ3) is 2.43. The van der Waals surface area contributed by atoms with Gasteiger partial charge in [-0.3, -0.25) is 4.98 Å². The average Bonchev–Trinajstić information content (AvgIpc) is 3.22. The molecule has 124 valence electrons. The van der Waals surface area contributed by atoms with Crippen molar-refractivity contribution in [1.29, 1.82) is 0 Å². The lowest BCUT2D eigenvalue weighted by molar-refractivity contribution is 0.0559. The Bertz CT molecular complexity index is 869. The van der Waals surface area contributed by atoms with E-state index in [9.17, 15) is 5.11 Å². The molecule has 0 bridgehead atoms. The zero-order valence-electron chi connectivity index (χ0n) is 13.9. The first-order chi connectivity index (χ1) is 11.6. The lowest BCUT2D eigenvalue weighted by atomic mass is 10.00. The van der Waals surface area contributed by atoms with E-state index < -0.39 is 5.60 Å². The summed E-state index contributed by atoms with van der Waals surface area (Å²) in [4.78, 5) is 6.62. The highest BCUT2D eigenvalue weighted by Gasteiger charge is 2.40. The van der Waals surface area contributed by atoms with Gasteiger partial charge in [0.25, 0.3) is 0 Å². The van der Waals surface area contributed by atoms with Gasteiger partial charge in [0.2, 0.25) is 0 Å². The monoisotopic (exact) mass is 323 g/mol. The molecule has 1 aliphatic heterocycles. The smallest absolute Gasteiger partial charge is 0.129 e. The third-order valence-corrected chi connectivity index (χ3v) is 4.73. The molecule has 1 aliphatic rings. The fraction of sp³-hybridized carbons (Fsp3) is 0.389. The summed E-state index contributed by atoms with van der Waals surface area (Å²) in [7, 11) is 0. The van der Waals surface area contributed by atoms with Gasteiger partial charge in [-0.25, -0.2) is 4.68 Å². The van der Waals surface area contributed by atoms with Gasteiger partial charge in [0.15, 0.2) is 0 Å². The van der Waals surface area contributed by atoms with E-state index in [0.717, 1.165) is 23.1 Å². The van der Waals surface area contributed by atoms with Crippen LogP contribution in [0.3, 0.4) is 0 Å². The quantitative estimate of drug-likeness (QED) is 0.802. The standard InChI is InChI=1S/C18H21N5O/c1-13(2)23-11-17(20-21-23)18(24)8-10-22(12-18)16-7-9-19-15-6-4-3-5-14(15)16/h3-7,9,11,13,24H,8,10,12H2,1-2H3. The first-order valence-corrected chi connectivity index (χ1v) is 8.30. The highest BCUT2D eigenvalue weighted by molar-refractivity contribution is 5.91. The van der Waals surface area contributed by atoms with E-state index >= 15 is 0 Å². The number of β-amino-alcohol motifs (C(OH)–C–C–N with tert-alkyl or cyclic N) is 1. The number of hydrogen-bond donors (Lipinski definition) is 1. The molecule has 6 heteroatoms. The summed E-state index contributed by atoms with van der Waals surface area (Å²) in [6.45, 7) is 5.38. The molecule has 6 nitrogen and oxygen atoms in total. The Morgan fingerprint density at radius 2 is 2.04 bits per heavy atom. The third-order valence-electron chi connectivity index (χ3n) is 4.73. The minimum Gasteiger partial charge on any atom is -0.381 e. The summed E-state index contributed by atoms with van der Waals surface area (Å²) in [5.74, 6) is 0. The molecule has 0 aliphatic carbocycles. The number of para-hydroxylation sites is 1. The number of hydrogen-bond acceptors (Lipinski definition) is 5. The van der Waals surface area contributed by atoms with Gasteiger partial charge in [0, 0.05) is 36.3 Å². The van der Waals surface area contributed by atoms with Crippen LogP contribution in [0.2, 0.25) is 0 Å². The Balaban J connectivity index is 1.65. The molecule has 1 atom stereocenters. The van der Waals surface area contributed by atoms with Crippen molar-refractivity contribution in [2.24, 2.45) is 0 Å². The number of pyridine rings is 1. The van der Waals surface area contributed by atoms with E-state index in [1.54, 1.807) is 4.68 Å². The van der Waals surface area contributed by atoms with Crippen molar-refractivity contribution in [2.45, 2.75) is 31.9 Å². The minimum absolute atomic E-state index is 0.233. The van der Waals surface area contributed by atoms with Crippen molar-refractivity contribution < 1.29 is 5.11 Å². The zero-order valence-corrected chi connectivity index (χ0v) is 13.9. The highest BCUT2D eigenvalue weighted by Crippen LogP contribution is 2.36. The van der Waals surface area contributed by atoms with Crippen LogP contribution in [0.15, 0.2) is 42.7 Å². The predicted molar refractivity (Wildman–Crippen MR) is 92.9 cm³/mol. The molecule has 2 aromatic heterocycles. The topological polar surface area (TPSA) is 67.1 Å². The van der Waals surface area contributed by atoms with Crippen LogP contribution in [0.5, 0.6) is 0 Å². The Labute approximate surface area is 140 Å². The fourth-order valence-electron chi connectivity index (χ4n) is 3.31. The molecule has 24 heavy (non-hydrogen) atoms. The Kier molecular flexibility index (Phi) is 3.49. The zero-order chi connectivity index (χ0) is 16.7. The van der Waals surface area contributed by atoms with Crippen LogP contribution in [0, 0.1) is 0 Å². The molecule has 1 N–H and O–H groups in total. The molecule has 1 unspecified atom stereocenters. The Hall–Kier alpha value is -2.47. The average molecular weight is 323 g/mol. The highest BCUT2D eigenvalue weighted by atomic mass is 16.3. The summed E-state index contributed by atoms with van der Waals surface area (Å²) in [5.41, 5.74) is 1.76. The second-order valence-corrected chi connectivity index (χ2v) is 6.73. The summed E-state index contributed by atoms with van der Waals surface area (Å²) in [6.07, 6.45) is 4.32. The van der Waals surface area contributed by atoms with Gasteiger partial charge in [-0.1, -0.05) is 23.4 Å². The molecule has 0 radical (unpaired) electrons. The molecule has 0 saturated carbocycles. The van der Waals surface area contributed by atoms with Crippen molar-refractivity contribution in [3.63, 3.8) is 0 Å². The SMILES string of the molecule is CC(C)n1cc(C2(O)CCN(c3ccnc4ccccc34)C2)nn1. The van der Waals surface area contributed by atoms with Gasteiger partial charge in [-0.15, -0.1) is 5.10 Å². The summed E-state index contributed by atoms with van der Waals surface area (Å²) < 4.78 is 1.79. The van der Waals surface area contributed by atoms with Crippen molar-refractivity contribution >= 4 is 16.6 Å². The maximum atomic E-state index is 11.1. The summed E-state index contributed by atoms with van der Waals surface area (Å²) >= 11 is 0. The van der Waals surface area contributed by atoms with Gasteiger partial charge in [0.05, 0.1) is 18.3 Å². The van der Waals surface area contributed by atoms with Crippen LogP contribution >= 0.6 is 0 Å². The molecule has 3 aromatic rings. The van der Waals surface area contributed by atoms with Crippen LogP contribution < -0.4 is 4.90 Å². The number of nitrogens with zero attached hydrogens (tertiary/aromatic N) is 5. The van der Waals surface area contributed by atoms with Gasteiger partial charge >= 0.3 is 0 Å². The number of anilines is 1. The number of fused-ring (bicyclic) bond motifs is 1. The minimum atomic E-state index is -0.961. The summed E-state index contributed by atoms with van der Waals surface area (Å²) in [5, 5.41) is 20.5. The normalized spacial score (nSPS) is 21.1. The largest absolute Gasteiger partial charge is 0.381 e. The number of aliphatic hydroxyl groups is 1. The number of benzene rings is 1. The molecule has 1 saturated heterocycles. The maximum absolute atomic E-state index is 11.1. The van der Waals surface area contributed by atoms with E-state index in [1.807, 2.05) is 50.5 Å². The van der Waals surface area contributed by atoms with E-state index in [0.29, 0.717) is 18.7 Å². The maximum Gasteiger partial charge on any atom is 0.129 e. The van der Waals surface area contributed by atoms with Crippen LogP contribution in [0.1, 0.15) is 32.0 Å².